The number of aryl methyl sites for hydroxylation is 2. The van der Waals surface area contributed by atoms with Crippen LogP contribution in [0.1, 0.15) is 58.7 Å². The van der Waals surface area contributed by atoms with E-state index in [1.807, 2.05) is 6.07 Å². The van der Waals surface area contributed by atoms with Gasteiger partial charge >= 0.3 is 19.5 Å². The summed E-state index contributed by atoms with van der Waals surface area (Å²) in [6, 6.07) is 36.0. The third-order valence-corrected chi connectivity index (χ3v) is 12.5. The maximum Gasteiger partial charge on any atom is 2.00 e. The minimum atomic E-state index is 0. The van der Waals surface area contributed by atoms with Crippen molar-refractivity contribution >= 4 is 57.7 Å². The molecular formula is C50H38N4OZn. The SMILES string of the molecule is Cc1ccc(-c2c3nc(c(-c4ccc(C5=CC6C(C5=O)[C@@H]5CC[C@H]6C5)cc4)c4ccc([n-]4)c(-c4ccc(C)cc4)c4nc(cc5ccc2[n-]5)C=C4)C=C3)cc1.[Zn+2]. The van der Waals surface area contributed by atoms with Gasteiger partial charge in [0, 0.05) is 11.5 Å². The van der Waals surface area contributed by atoms with Crippen LogP contribution in [0.25, 0.3) is 85.3 Å². The standard InChI is InChI=1S/C50H38N4O.Zn/c1-28-3-7-31(8-4-28)47-40-19-17-36(51-40)26-37-18-20-41(52-37)48(32-9-5-29(2)6-10-32)43-22-24-45(54-43)49(44-23-21-42(47)53-44)33-13-11-30(12-14-33)39-27-38-34-15-16-35(25-34)46(38)50(39)55;/h3-14,17-24,26-27,34-35,38,46H,15-16,25H2,1-2H3;/q-2;+2/t34-,35+,38?,46?;/m0./s1. The summed E-state index contributed by atoms with van der Waals surface area (Å²) in [5, 5.41) is 0. The average molecular weight is 776 g/mol. The molecule has 0 radical (unpaired) electrons. The van der Waals surface area contributed by atoms with Crippen molar-refractivity contribution in [3.8, 4) is 33.4 Å². The molecular weight excluding hydrogens is 738 g/mol. The molecule has 0 spiro atoms. The second kappa shape index (κ2) is 13.5. The summed E-state index contributed by atoms with van der Waals surface area (Å²) in [7, 11) is 0. The van der Waals surface area contributed by atoms with Crippen LogP contribution >= 0.6 is 0 Å². The monoisotopic (exact) mass is 774 g/mol. The van der Waals surface area contributed by atoms with E-state index in [1.165, 1.54) is 30.4 Å². The Kier molecular flexibility index (Phi) is 8.38. The summed E-state index contributed by atoms with van der Waals surface area (Å²) in [6.07, 6.45) is 14.3. The normalized spacial score (nSPS) is 20.3. The molecule has 5 heterocycles. The Hall–Kier alpha value is -5.71. The number of hydrogen-bond donors (Lipinski definition) is 0. The number of benzene rings is 3. The average Bonchev–Trinajstić information content (AvgIpc) is 4.06. The Morgan fingerprint density at radius 1 is 0.554 bits per heavy atom. The Morgan fingerprint density at radius 3 is 1.66 bits per heavy atom. The Bertz CT molecular complexity index is 2790. The van der Waals surface area contributed by atoms with Gasteiger partial charge in [0.2, 0.25) is 0 Å². The number of carbonyl (C=O) groups excluding carboxylic acids is 1. The fourth-order valence-corrected chi connectivity index (χ4v) is 9.82. The van der Waals surface area contributed by atoms with E-state index in [4.69, 9.17) is 19.9 Å². The number of rotatable bonds is 4. The first-order chi connectivity index (χ1) is 26.9. The molecule has 56 heavy (non-hydrogen) atoms. The van der Waals surface area contributed by atoms with Gasteiger partial charge in [-0.3, -0.25) is 4.79 Å². The number of ketones is 1. The summed E-state index contributed by atoms with van der Waals surface area (Å²) >= 11 is 0. The van der Waals surface area contributed by atoms with E-state index < -0.39 is 0 Å². The maximum atomic E-state index is 13.8. The van der Waals surface area contributed by atoms with Gasteiger partial charge in [0.25, 0.3) is 0 Å². The van der Waals surface area contributed by atoms with Crippen molar-refractivity contribution in [2.45, 2.75) is 33.1 Å². The molecule has 2 unspecified atom stereocenters. The summed E-state index contributed by atoms with van der Waals surface area (Å²) < 4.78 is 0. The molecule has 266 valence electrons. The molecule has 0 amide bonds. The molecule has 0 N–H and O–H groups in total. The topological polar surface area (TPSA) is 71.1 Å². The predicted molar refractivity (Wildman–Crippen MR) is 223 cm³/mol. The van der Waals surface area contributed by atoms with Crippen LogP contribution in [0.2, 0.25) is 0 Å². The molecule has 6 heteroatoms. The van der Waals surface area contributed by atoms with Crippen molar-refractivity contribution < 1.29 is 24.3 Å². The first kappa shape index (κ1) is 34.8. The Morgan fingerprint density at radius 2 is 1.05 bits per heavy atom. The quantitative estimate of drug-likeness (QED) is 0.167. The van der Waals surface area contributed by atoms with Crippen molar-refractivity contribution in [2.24, 2.45) is 23.7 Å². The molecule has 4 atom stereocenters. The molecule has 11 rings (SSSR count). The van der Waals surface area contributed by atoms with Gasteiger partial charge < -0.3 is 9.97 Å². The summed E-state index contributed by atoms with van der Waals surface area (Å²) in [4.78, 5) is 34.7. The molecule has 5 aliphatic rings. The van der Waals surface area contributed by atoms with Crippen molar-refractivity contribution in [3.05, 3.63) is 149 Å². The van der Waals surface area contributed by atoms with Crippen LogP contribution in [0.4, 0.5) is 0 Å². The molecule has 2 aliphatic heterocycles. The van der Waals surface area contributed by atoms with Crippen LogP contribution in [0, 0.1) is 37.5 Å². The molecule has 10 bridgehead atoms. The number of fused-ring (bicyclic) bond motifs is 13. The van der Waals surface area contributed by atoms with Crippen molar-refractivity contribution in [1.29, 1.82) is 0 Å². The van der Waals surface area contributed by atoms with E-state index in [2.05, 4.69) is 141 Å². The zero-order valence-electron chi connectivity index (χ0n) is 31.5. The van der Waals surface area contributed by atoms with Crippen molar-refractivity contribution in [1.82, 2.24) is 19.9 Å². The van der Waals surface area contributed by atoms with Crippen molar-refractivity contribution in [2.75, 3.05) is 0 Å². The fourth-order valence-electron chi connectivity index (χ4n) is 9.82. The smallest absolute Gasteiger partial charge is 0.657 e. The summed E-state index contributed by atoms with van der Waals surface area (Å²) in [5.74, 6) is 2.18. The van der Waals surface area contributed by atoms with Crippen LogP contribution in [-0.4, -0.2) is 15.8 Å². The molecule has 0 saturated heterocycles. The van der Waals surface area contributed by atoms with Gasteiger partial charge in [0.1, 0.15) is 0 Å². The van der Waals surface area contributed by atoms with E-state index >= 15 is 0 Å². The molecule has 2 saturated carbocycles. The predicted octanol–water partition coefficient (Wildman–Crippen LogP) is 11.2. The Balaban J connectivity index is 0.00000384. The summed E-state index contributed by atoms with van der Waals surface area (Å²) in [5.41, 5.74) is 17.0. The van der Waals surface area contributed by atoms with Crippen LogP contribution < -0.4 is 9.97 Å². The van der Waals surface area contributed by atoms with Gasteiger partial charge in [-0.2, -0.15) is 0 Å². The second-order valence-corrected chi connectivity index (χ2v) is 15.9. The number of hydrogen-bond acceptors (Lipinski definition) is 3. The third kappa shape index (κ3) is 5.73. The first-order valence-corrected chi connectivity index (χ1v) is 19.5. The largest absolute Gasteiger partial charge is 2.00 e. The van der Waals surface area contributed by atoms with Gasteiger partial charge in [-0.25, -0.2) is 9.97 Å². The molecule has 3 aliphatic carbocycles. The number of nitrogens with zero attached hydrogens (tertiary/aromatic N) is 4. The second-order valence-electron chi connectivity index (χ2n) is 15.9. The van der Waals surface area contributed by atoms with E-state index in [-0.39, 0.29) is 25.4 Å². The van der Waals surface area contributed by atoms with E-state index in [0.29, 0.717) is 23.5 Å². The molecule has 6 aromatic rings. The van der Waals surface area contributed by atoms with Gasteiger partial charge in [0.15, 0.2) is 5.78 Å². The van der Waals surface area contributed by atoms with Crippen LogP contribution in [0.5, 0.6) is 0 Å². The zero-order chi connectivity index (χ0) is 36.8. The molecule has 5 nitrogen and oxygen atoms in total. The minimum absolute atomic E-state index is 0. The van der Waals surface area contributed by atoms with Crippen LogP contribution in [0.15, 0.2) is 109 Å². The van der Waals surface area contributed by atoms with Gasteiger partial charge in [-0.05, 0) is 114 Å². The number of allylic oxidation sites excluding steroid dienone is 2. The maximum absolute atomic E-state index is 13.8. The molecule has 3 aromatic heterocycles. The first-order valence-electron chi connectivity index (χ1n) is 19.5. The van der Waals surface area contributed by atoms with E-state index in [0.717, 1.165) is 89.4 Å². The van der Waals surface area contributed by atoms with Gasteiger partial charge in [0.05, 0.1) is 22.8 Å². The van der Waals surface area contributed by atoms with Gasteiger partial charge in [-0.1, -0.05) is 120 Å². The molecule has 3 aromatic carbocycles. The van der Waals surface area contributed by atoms with E-state index in [1.54, 1.807) is 0 Å². The molecule has 2 fully saturated rings. The van der Waals surface area contributed by atoms with Crippen molar-refractivity contribution in [3.63, 3.8) is 0 Å². The number of carbonyl (C=O) groups is 1. The summed E-state index contributed by atoms with van der Waals surface area (Å²) in [6.45, 7) is 4.20. The zero-order valence-corrected chi connectivity index (χ0v) is 34.5. The minimum Gasteiger partial charge on any atom is -0.657 e. The van der Waals surface area contributed by atoms with Crippen LogP contribution in [-0.2, 0) is 24.3 Å². The van der Waals surface area contributed by atoms with E-state index in [9.17, 15) is 4.79 Å². The van der Waals surface area contributed by atoms with Crippen LogP contribution in [0.3, 0.4) is 0 Å². The number of aromatic nitrogens is 4. The third-order valence-electron chi connectivity index (χ3n) is 12.5. The fraction of sp³-hybridized carbons (Fsp3) is 0.180. The Labute approximate surface area is 339 Å². The number of Topliss-reactive ketones (excluding diaryl/α,β-unsaturated/α-hetero) is 1. The van der Waals surface area contributed by atoms with Gasteiger partial charge in [-0.15, -0.1) is 22.1 Å².